The van der Waals surface area contributed by atoms with Crippen molar-refractivity contribution in [1.29, 1.82) is 0 Å². The van der Waals surface area contributed by atoms with Crippen LogP contribution < -0.4 is 0 Å². The highest BCUT2D eigenvalue weighted by Gasteiger charge is 2.46. The zero-order valence-corrected chi connectivity index (χ0v) is 24.4. The van der Waals surface area contributed by atoms with E-state index in [-0.39, 0.29) is 0 Å². The molecule has 0 radical (unpaired) electrons. The van der Waals surface area contributed by atoms with Gasteiger partial charge in [-0.2, -0.15) is 0 Å². The van der Waals surface area contributed by atoms with E-state index in [1.165, 1.54) is 71.6 Å². The molecule has 0 amide bonds. The number of aromatic nitrogens is 2. The van der Waals surface area contributed by atoms with Crippen LogP contribution in [0.4, 0.5) is 0 Å². The molecule has 1 unspecified atom stereocenters. The maximum absolute atomic E-state index is 4.40. The fraction of sp³-hybridized carbons (Fsp3) is 0.0976. The third-order valence-corrected chi connectivity index (χ3v) is 9.29. The van der Waals surface area contributed by atoms with Crippen LogP contribution in [-0.4, -0.2) is 9.97 Å². The second kappa shape index (κ2) is 9.96. The molecular formula is C41H32N2. The smallest absolute Gasteiger partial charge is 0.0711 e. The maximum Gasteiger partial charge on any atom is 0.0711 e. The lowest BCUT2D eigenvalue weighted by Crippen LogP contribution is -2.29. The van der Waals surface area contributed by atoms with Gasteiger partial charge in [0, 0.05) is 34.2 Å². The Balaban J connectivity index is 1.45. The van der Waals surface area contributed by atoms with Gasteiger partial charge in [0.25, 0.3) is 0 Å². The molecule has 0 fully saturated rings. The Morgan fingerprint density at radius 3 is 2.33 bits per heavy atom. The predicted octanol–water partition coefficient (Wildman–Crippen LogP) is 10.6. The standard InChI is InChI=1S/C41H32N2/c1-3-4-16-35-27(2)39-33(15-10-17-36(39)41(35,30-12-6-5-7-13-30)31-22-24-42-25-23-31)29-19-20-37-34(26-29)40-32-14-9-8-11-28(32)18-21-38(40)43-37/h4-26,43H,3H2,1-2H3/b16-4-. The molecule has 5 aromatic carbocycles. The zero-order valence-electron chi connectivity index (χ0n) is 24.4. The first-order chi connectivity index (χ1) is 21.2. The minimum absolute atomic E-state index is 0.438. The van der Waals surface area contributed by atoms with E-state index in [1.54, 1.807) is 0 Å². The largest absolute Gasteiger partial charge is 0.354 e. The first-order valence-electron chi connectivity index (χ1n) is 15.1. The molecule has 7 aromatic rings. The number of fused-ring (bicyclic) bond motifs is 6. The van der Waals surface area contributed by atoms with E-state index in [2.05, 4.69) is 151 Å². The summed E-state index contributed by atoms with van der Waals surface area (Å²) in [5, 5.41) is 5.09. The molecule has 0 saturated carbocycles. The number of aromatic amines is 1. The van der Waals surface area contributed by atoms with Crippen LogP contribution in [0.5, 0.6) is 0 Å². The highest BCUT2D eigenvalue weighted by molar-refractivity contribution is 6.20. The summed E-state index contributed by atoms with van der Waals surface area (Å²) in [6.07, 6.45) is 9.49. The van der Waals surface area contributed by atoms with Gasteiger partial charge in [0.2, 0.25) is 0 Å². The molecule has 2 nitrogen and oxygen atoms in total. The summed E-state index contributed by atoms with van der Waals surface area (Å²) in [4.78, 5) is 8.07. The summed E-state index contributed by atoms with van der Waals surface area (Å²) < 4.78 is 0. The van der Waals surface area contributed by atoms with E-state index < -0.39 is 5.41 Å². The fourth-order valence-electron chi connectivity index (χ4n) is 7.47. The number of H-pyrrole nitrogens is 1. The molecule has 2 heteroatoms. The van der Waals surface area contributed by atoms with Crippen molar-refractivity contribution in [2.24, 2.45) is 0 Å². The maximum atomic E-state index is 4.40. The first-order valence-corrected chi connectivity index (χ1v) is 15.1. The molecule has 0 aliphatic heterocycles. The van der Waals surface area contributed by atoms with Crippen molar-refractivity contribution in [3.05, 3.63) is 168 Å². The molecule has 2 heterocycles. The average Bonchev–Trinajstić information content (AvgIpc) is 3.57. The molecule has 0 spiro atoms. The Morgan fingerprint density at radius 1 is 0.721 bits per heavy atom. The van der Waals surface area contributed by atoms with E-state index >= 15 is 0 Å². The van der Waals surface area contributed by atoms with E-state index in [9.17, 15) is 0 Å². The van der Waals surface area contributed by atoms with Gasteiger partial charge in [0.1, 0.15) is 0 Å². The summed E-state index contributed by atoms with van der Waals surface area (Å²) in [6.45, 7) is 4.51. The van der Waals surface area contributed by atoms with Crippen molar-refractivity contribution in [2.45, 2.75) is 25.7 Å². The van der Waals surface area contributed by atoms with Crippen molar-refractivity contribution in [3.63, 3.8) is 0 Å². The first kappa shape index (κ1) is 25.5. The highest BCUT2D eigenvalue weighted by atomic mass is 14.7. The van der Waals surface area contributed by atoms with Crippen LogP contribution in [0.25, 0.3) is 49.3 Å². The van der Waals surface area contributed by atoms with E-state index in [1.807, 2.05) is 12.4 Å². The van der Waals surface area contributed by atoms with Crippen LogP contribution in [0.3, 0.4) is 0 Å². The molecule has 1 aliphatic rings. The third kappa shape index (κ3) is 3.69. The van der Waals surface area contributed by atoms with Crippen LogP contribution in [0, 0.1) is 0 Å². The molecule has 8 rings (SSSR count). The van der Waals surface area contributed by atoms with Gasteiger partial charge in [-0.15, -0.1) is 0 Å². The second-order valence-corrected chi connectivity index (χ2v) is 11.5. The van der Waals surface area contributed by atoms with Gasteiger partial charge in [-0.05, 0) is 99.0 Å². The summed E-state index contributed by atoms with van der Waals surface area (Å²) >= 11 is 0. The van der Waals surface area contributed by atoms with Gasteiger partial charge < -0.3 is 4.98 Å². The average molecular weight is 553 g/mol. The van der Waals surface area contributed by atoms with Crippen LogP contribution in [0.1, 0.15) is 42.5 Å². The van der Waals surface area contributed by atoms with Crippen molar-refractivity contribution < 1.29 is 0 Å². The van der Waals surface area contributed by atoms with E-state index in [0.717, 1.165) is 11.9 Å². The normalized spacial score (nSPS) is 16.6. The summed E-state index contributed by atoms with van der Waals surface area (Å²) in [7, 11) is 0. The van der Waals surface area contributed by atoms with Gasteiger partial charge >= 0.3 is 0 Å². The lowest BCUT2D eigenvalue weighted by atomic mass is 9.66. The monoisotopic (exact) mass is 552 g/mol. The Hall–Kier alpha value is -5.21. The van der Waals surface area contributed by atoms with Gasteiger partial charge in [-0.3, -0.25) is 4.98 Å². The van der Waals surface area contributed by atoms with Crippen LogP contribution in [0.2, 0.25) is 0 Å². The number of nitrogens with one attached hydrogen (secondary N) is 1. The minimum Gasteiger partial charge on any atom is -0.354 e. The van der Waals surface area contributed by atoms with Crippen molar-refractivity contribution in [3.8, 4) is 11.1 Å². The summed E-state index contributed by atoms with van der Waals surface area (Å²) in [6, 6.07) is 42.2. The molecule has 2 aromatic heterocycles. The third-order valence-electron chi connectivity index (χ3n) is 9.29. The predicted molar refractivity (Wildman–Crippen MR) is 181 cm³/mol. The van der Waals surface area contributed by atoms with Gasteiger partial charge in [0.15, 0.2) is 0 Å². The number of hydrogen-bond donors (Lipinski definition) is 1. The quantitative estimate of drug-likeness (QED) is 0.226. The molecule has 1 aliphatic carbocycles. The number of pyridine rings is 1. The Bertz CT molecular complexity index is 2180. The molecule has 0 bridgehead atoms. The molecule has 1 atom stereocenters. The molecule has 1 N–H and O–H groups in total. The van der Waals surface area contributed by atoms with Crippen molar-refractivity contribution >= 4 is 38.2 Å². The van der Waals surface area contributed by atoms with Gasteiger partial charge in [-0.25, -0.2) is 0 Å². The Labute approximate surface area is 252 Å². The van der Waals surface area contributed by atoms with Crippen LogP contribution in [-0.2, 0) is 5.41 Å². The topological polar surface area (TPSA) is 28.7 Å². The number of nitrogens with zero attached hydrogens (tertiary/aromatic N) is 1. The van der Waals surface area contributed by atoms with Crippen LogP contribution >= 0.6 is 0 Å². The van der Waals surface area contributed by atoms with Crippen molar-refractivity contribution in [1.82, 2.24) is 9.97 Å². The van der Waals surface area contributed by atoms with Crippen molar-refractivity contribution in [2.75, 3.05) is 0 Å². The highest BCUT2D eigenvalue weighted by Crippen LogP contribution is 2.56. The Kier molecular flexibility index (Phi) is 5.90. The molecule has 206 valence electrons. The van der Waals surface area contributed by atoms with E-state index in [0.29, 0.717) is 0 Å². The lowest BCUT2D eigenvalue weighted by Gasteiger charge is -2.35. The fourth-order valence-corrected chi connectivity index (χ4v) is 7.47. The number of rotatable bonds is 5. The number of hydrogen-bond acceptors (Lipinski definition) is 1. The molecular weight excluding hydrogens is 520 g/mol. The molecule has 43 heavy (non-hydrogen) atoms. The lowest BCUT2D eigenvalue weighted by molar-refractivity contribution is 0.758. The summed E-state index contributed by atoms with van der Waals surface area (Å²) in [5.41, 5.74) is 12.2. The Morgan fingerprint density at radius 2 is 1.49 bits per heavy atom. The van der Waals surface area contributed by atoms with E-state index in [4.69, 9.17) is 0 Å². The SMILES string of the molecule is CC/C=C\C1=C(C)c2c(-c3ccc4[nH]c5ccc6ccccc6c5c4c3)cccc2C1(c1ccccc1)c1ccncc1. The molecule has 0 saturated heterocycles. The van der Waals surface area contributed by atoms with Gasteiger partial charge in [-0.1, -0.05) is 104 Å². The second-order valence-electron chi connectivity index (χ2n) is 11.5. The van der Waals surface area contributed by atoms with Gasteiger partial charge in [0.05, 0.1) is 5.41 Å². The zero-order chi connectivity index (χ0) is 29.0. The minimum atomic E-state index is -0.438. The number of allylic oxidation sites excluding steroid dienone is 4. The number of benzene rings is 5. The summed E-state index contributed by atoms with van der Waals surface area (Å²) in [5.74, 6) is 0. The van der Waals surface area contributed by atoms with Crippen LogP contribution in [0.15, 0.2) is 145 Å².